The molecular weight excluding hydrogens is 301 g/mol. The van der Waals surface area contributed by atoms with E-state index in [1.54, 1.807) is 18.2 Å². The second kappa shape index (κ2) is 7.31. The van der Waals surface area contributed by atoms with Crippen molar-refractivity contribution >= 4 is 35.1 Å². The van der Waals surface area contributed by atoms with Gasteiger partial charge in [0.25, 0.3) is 0 Å². The first kappa shape index (κ1) is 16.5. The Morgan fingerprint density at radius 2 is 1.85 bits per heavy atom. The van der Waals surface area contributed by atoms with Crippen LogP contribution in [0.25, 0.3) is 0 Å². The summed E-state index contributed by atoms with van der Waals surface area (Å²) < 4.78 is 0. The van der Waals surface area contributed by atoms with Gasteiger partial charge in [-0.3, -0.25) is 4.79 Å². The number of nitrogens with one attached hydrogen (secondary N) is 1. The van der Waals surface area contributed by atoms with Crippen LogP contribution in [0.1, 0.15) is 19.4 Å². The second-order valence-corrected chi connectivity index (χ2v) is 5.14. The highest BCUT2D eigenvalue weighted by molar-refractivity contribution is 6.35. The van der Waals surface area contributed by atoms with Gasteiger partial charge in [-0.05, 0) is 38.0 Å². The summed E-state index contributed by atoms with van der Waals surface area (Å²) in [6, 6.07) is 5.16. The van der Waals surface area contributed by atoms with Crippen molar-refractivity contribution < 1.29 is 14.7 Å². The molecule has 20 heavy (non-hydrogen) atoms. The van der Waals surface area contributed by atoms with Crippen LogP contribution in [0.15, 0.2) is 29.3 Å². The monoisotopic (exact) mass is 315 g/mol. The van der Waals surface area contributed by atoms with Crippen LogP contribution in [0, 0.1) is 0 Å². The van der Waals surface area contributed by atoms with Gasteiger partial charge in [-0.15, -0.1) is 0 Å². The van der Waals surface area contributed by atoms with E-state index in [1.807, 2.05) is 0 Å². The van der Waals surface area contributed by atoms with Gasteiger partial charge in [-0.25, -0.2) is 4.79 Å². The average Bonchev–Trinajstić information content (AvgIpc) is 2.39. The molecule has 4 nitrogen and oxygen atoms in total. The summed E-state index contributed by atoms with van der Waals surface area (Å²) in [7, 11) is 0. The maximum absolute atomic E-state index is 11.7. The smallest absolute Gasteiger partial charge is 0.331 e. The minimum atomic E-state index is -1.10. The number of carboxylic acids is 1. The maximum Gasteiger partial charge on any atom is 0.331 e. The Labute approximate surface area is 127 Å². The van der Waals surface area contributed by atoms with Crippen LogP contribution in [0.2, 0.25) is 10.0 Å². The SMILES string of the molecule is CC(C(=O)O)=C(C)C(=O)NCCc1ccc(Cl)cc1Cl. The third-order valence-electron chi connectivity index (χ3n) is 2.92. The third-order valence-corrected chi connectivity index (χ3v) is 3.51. The summed E-state index contributed by atoms with van der Waals surface area (Å²) in [5, 5.41) is 12.6. The zero-order chi connectivity index (χ0) is 15.3. The van der Waals surface area contributed by atoms with E-state index < -0.39 is 11.9 Å². The summed E-state index contributed by atoms with van der Waals surface area (Å²) >= 11 is 11.8. The summed E-state index contributed by atoms with van der Waals surface area (Å²) in [5.41, 5.74) is 1.10. The Bertz CT molecular complexity index is 568. The van der Waals surface area contributed by atoms with Gasteiger partial charge >= 0.3 is 5.97 Å². The number of carbonyl (C=O) groups excluding carboxylic acids is 1. The number of halogens is 2. The molecule has 1 amide bonds. The molecule has 0 heterocycles. The molecule has 2 N–H and O–H groups in total. The normalized spacial score (nSPS) is 11.8. The molecule has 0 saturated carbocycles. The predicted octanol–water partition coefficient (Wildman–Crippen LogP) is 3.07. The molecule has 0 aliphatic heterocycles. The molecular formula is C14H15Cl2NO3. The Morgan fingerprint density at radius 3 is 2.40 bits per heavy atom. The number of hydrogen-bond acceptors (Lipinski definition) is 2. The molecule has 1 rings (SSSR count). The lowest BCUT2D eigenvalue weighted by Crippen LogP contribution is -2.27. The van der Waals surface area contributed by atoms with Crippen molar-refractivity contribution in [2.24, 2.45) is 0 Å². The van der Waals surface area contributed by atoms with E-state index in [-0.39, 0.29) is 11.1 Å². The zero-order valence-corrected chi connectivity index (χ0v) is 12.7. The molecule has 0 aliphatic rings. The van der Waals surface area contributed by atoms with E-state index in [1.165, 1.54) is 13.8 Å². The fourth-order valence-electron chi connectivity index (χ4n) is 1.50. The Kier molecular flexibility index (Phi) is 6.05. The molecule has 0 atom stereocenters. The lowest BCUT2D eigenvalue weighted by Gasteiger charge is -2.08. The number of carboxylic acid groups (broad SMARTS) is 1. The average molecular weight is 316 g/mol. The summed E-state index contributed by atoms with van der Waals surface area (Å²) in [6.07, 6.45) is 0.543. The Hall–Kier alpha value is -1.52. The van der Waals surface area contributed by atoms with E-state index in [2.05, 4.69) is 5.32 Å². The number of aliphatic carboxylic acids is 1. The highest BCUT2D eigenvalue weighted by Gasteiger charge is 2.12. The minimum absolute atomic E-state index is 0.0343. The molecule has 1 aromatic carbocycles. The van der Waals surface area contributed by atoms with Gasteiger partial charge in [0, 0.05) is 27.7 Å². The van der Waals surface area contributed by atoms with E-state index in [0.717, 1.165) is 5.56 Å². The maximum atomic E-state index is 11.7. The zero-order valence-electron chi connectivity index (χ0n) is 11.2. The van der Waals surface area contributed by atoms with Crippen LogP contribution in [0.3, 0.4) is 0 Å². The largest absolute Gasteiger partial charge is 0.478 e. The summed E-state index contributed by atoms with van der Waals surface area (Å²) in [5.74, 6) is -1.49. The van der Waals surface area contributed by atoms with Gasteiger partial charge in [0.05, 0.1) is 0 Å². The molecule has 0 bridgehead atoms. The van der Waals surface area contributed by atoms with Crippen LogP contribution in [0.4, 0.5) is 0 Å². The lowest BCUT2D eigenvalue weighted by atomic mass is 10.1. The van der Waals surface area contributed by atoms with Gasteiger partial charge < -0.3 is 10.4 Å². The van der Waals surface area contributed by atoms with Crippen molar-refractivity contribution in [3.63, 3.8) is 0 Å². The molecule has 0 spiro atoms. The molecule has 0 fully saturated rings. The standard InChI is InChI=1S/C14H15Cl2NO3/c1-8(9(2)14(19)20)13(18)17-6-5-10-3-4-11(15)7-12(10)16/h3-4,7H,5-6H2,1-2H3,(H,17,18)(H,19,20). The first-order valence-corrected chi connectivity index (χ1v) is 6.71. The van der Waals surface area contributed by atoms with Gasteiger partial charge in [-0.2, -0.15) is 0 Å². The van der Waals surface area contributed by atoms with Gasteiger partial charge in [0.2, 0.25) is 5.91 Å². The number of rotatable bonds is 5. The molecule has 0 saturated heterocycles. The molecule has 6 heteroatoms. The van der Waals surface area contributed by atoms with Crippen molar-refractivity contribution in [1.29, 1.82) is 0 Å². The fraction of sp³-hybridized carbons (Fsp3) is 0.286. The molecule has 1 aromatic rings. The van der Waals surface area contributed by atoms with E-state index in [4.69, 9.17) is 28.3 Å². The Morgan fingerprint density at radius 1 is 1.20 bits per heavy atom. The molecule has 0 radical (unpaired) electrons. The molecule has 108 valence electrons. The van der Waals surface area contributed by atoms with E-state index in [9.17, 15) is 9.59 Å². The minimum Gasteiger partial charge on any atom is -0.478 e. The number of amides is 1. The molecule has 0 unspecified atom stereocenters. The summed E-state index contributed by atoms with van der Waals surface area (Å²) in [6.45, 7) is 3.24. The van der Waals surface area contributed by atoms with E-state index >= 15 is 0 Å². The molecule has 0 aliphatic carbocycles. The highest BCUT2D eigenvalue weighted by Crippen LogP contribution is 2.21. The summed E-state index contributed by atoms with van der Waals surface area (Å²) in [4.78, 5) is 22.5. The van der Waals surface area contributed by atoms with Crippen LogP contribution in [-0.4, -0.2) is 23.5 Å². The lowest BCUT2D eigenvalue weighted by molar-refractivity contribution is -0.133. The van der Waals surface area contributed by atoms with Crippen LogP contribution in [0.5, 0.6) is 0 Å². The van der Waals surface area contributed by atoms with Crippen molar-refractivity contribution in [2.75, 3.05) is 6.54 Å². The first-order chi connectivity index (χ1) is 9.32. The van der Waals surface area contributed by atoms with Crippen molar-refractivity contribution in [2.45, 2.75) is 20.3 Å². The number of benzene rings is 1. The van der Waals surface area contributed by atoms with Crippen LogP contribution < -0.4 is 5.32 Å². The highest BCUT2D eigenvalue weighted by atomic mass is 35.5. The fourth-order valence-corrected chi connectivity index (χ4v) is 2.00. The topological polar surface area (TPSA) is 66.4 Å². The predicted molar refractivity (Wildman–Crippen MR) is 79.2 cm³/mol. The van der Waals surface area contributed by atoms with Gasteiger partial charge in [0.1, 0.15) is 0 Å². The molecule has 0 aromatic heterocycles. The third kappa shape index (κ3) is 4.54. The van der Waals surface area contributed by atoms with Gasteiger partial charge in [-0.1, -0.05) is 29.3 Å². The number of carbonyl (C=O) groups is 2. The van der Waals surface area contributed by atoms with Crippen molar-refractivity contribution in [3.05, 3.63) is 45.0 Å². The van der Waals surface area contributed by atoms with Crippen LogP contribution in [-0.2, 0) is 16.0 Å². The number of hydrogen-bond donors (Lipinski definition) is 2. The van der Waals surface area contributed by atoms with E-state index in [0.29, 0.717) is 23.0 Å². The quantitative estimate of drug-likeness (QED) is 0.821. The van der Waals surface area contributed by atoms with Crippen molar-refractivity contribution in [3.8, 4) is 0 Å². The van der Waals surface area contributed by atoms with Gasteiger partial charge in [0.15, 0.2) is 0 Å². The van der Waals surface area contributed by atoms with Crippen molar-refractivity contribution in [1.82, 2.24) is 5.32 Å². The first-order valence-electron chi connectivity index (χ1n) is 5.95. The van der Waals surface area contributed by atoms with Crippen LogP contribution >= 0.6 is 23.2 Å². The Balaban J connectivity index is 2.59. The second-order valence-electron chi connectivity index (χ2n) is 4.30.